The second-order valence-corrected chi connectivity index (χ2v) is 5.06. The minimum Gasteiger partial charge on any atom is -0.478 e. The first kappa shape index (κ1) is 15.3. The number of carboxylic acids is 1. The molecular weight excluding hydrogens is 268 g/mol. The van der Waals surface area contributed by atoms with Gasteiger partial charge in [-0.3, -0.25) is 9.88 Å². The van der Waals surface area contributed by atoms with Crippen molar-refractivity contribution >= 4 is 5.97 Å². The standard InChI is InChI=1S/C16H20N2O3/c1-4-18(9-13-7-5-6-11(2)17-13)10-14-8-15(16(19)20)12(3)21-14/h5-8H,4,9-10H2,1-3H3,(H,19,20). The van der Waals surface area contributed by atoms with E-state index in [2.05, 4.69) is 16.8 Å². The van der Waals surface area contributed by atoms with Gasteiger partial charge in [-0.1, -0.05) is 13.0 Å². The average Bonchev–Trinajstić information content (AvgIpc) is 2.79. The van der Waals surface area contributed by atoms with Crippen molar-refractivity contribution in [1.29, 1.82) is 0 Å². The first-order valence-electron chi connectivity index (χ1n) is 6.97. The Bertz CT molecular complexity index is 634. The molecule has 0 aromatic carbocycles. The lowest BCUT2D eigenvalue weighted by Crippen LogP contribution is -2.22. The minimum absolute atomic E-state index is 0.231. The quantitative estimate of drug-likeness (QED) is 0.885. The summed E-state index contributed by atoms with van der Waals surface area (Å²) in [6, 6.07) is 7.55. The predicted octanol–water partition coefficient (Wildman–Crippen LogP) is 3.01. The van der Waals surface area contributed by atoms with Gasteiger partial charge in [-0.2, -0.15) is 0 Å². The molecule has 0 spiro atoms. The smallest absolute Gasteiger partial charge is 0.339 e. The first-order chi connectivity index (χ1) is 9.99. The fourth-order valence-electron chi connectivity index (χ4n) is 2.25. The highest BCUT2D eigenvalue weighted by atomic mass is 16.4. The van der Waals surface area contributed by atoms with Crippen LogP contribution < -0.4 is 0 Å². The van der Waals surface area contributed by atoms with Gasteiger partial charge in [0.15, 0.2) is 0 Å². The highest BCUT2D eigenvalue weighted by Crippen LogP contribution is 2.17. The van der Waals surface area contributed by atoms with Crippen LogP contribution in [0.25, 0.3) is 0 Å². The molecule has 5 heteroatoms. The van der Waals surface area contributed by atoms with Gasteiger partial charge in [-0.25, -0.2) is 4.79 Å². The van der Waals surface area contributed by atoms with Crippen LogP contribution in [0.1, 0.15) is 40.2 Å². The molecule has 0 fully saturated rings. The van der Waals surface area contributed by atoms with Crippen molar-refractivity contribution < 1.29 is 14.3 Å². The van der Waals surface area contributed by atoms with E-state index in [1.165, 1.54) is 0 Å². The van der Waals surface area contributed by atoms with Gasteiger partial charge in [0.05, 0.1) is 12.2 Å². The van der Waals surface area contributed by atoms with Crippen molar-refractivity contribution in [3.63, 3.8) is 0 Å². The van der Waals surface area contributed by atoms with Crippen molar-refractivity contribution in [3.05, 3.63) is 52.7 Å². The van der Waals surface area contributed by atoms with Gasteiger partial charge < -0.3 is 9.52 Å². The third-order valence-corrected chi connectivity index (χ3v) is 3.36. The fourth-order valence-corrected chi connectivity index (χ4v) is 2.25. The van der Waals surface area contributed by atoms with E-state index < -0.39 is 5.97 Å². The molecule has 0 aliphatic heterocycles. The molecule has 0 saturated heterocycles. The summed E-state index contributed by atoms with van der Waals surface area (Å²) in [5.74, 6) is 0.160. The fraction of sp³-hybridized carbons (Fsp3) is 0.375. The molecule has 21 heavy (non-hydrogen) atoms. The molecule has 0 aliphatic carbocycles. The summed E-state index contributed by atoms with van der Waals surface area (Å²) in [6.45, 7) is 7.81. The Morgan fingerprint density at radius 2 is 2.10 bits per heavy atom. The topological polar surface area (TPSA) is 66.6 Å². The molecule has 0 saturated carbocycles. The van der Waals surface area contributed by atoms with Gasteiger partial charge in [-0.15, -0.1) is 0 Å². The van der Waals surface area contributed by atoms with E-state index in [1.807, 2.05) is 25.1 Å². The van der Waals surface area contributed by atoms with E-state index in [-0.39, 0.29) is 5.56 Å². The van der Waals surface area contributed by atoms with Gasteiger partial charge in [0.25, 0.3) is 0 Å². The van der Waals surface area contributed by atoms with Gasteiger partial charge in [0, 0.05) is 12.2 Å². The Morgan fingerprint density at radius 1 is 1.33 bits per heavy atom. The largest absolute Gasteiger partial charge is 0.478 e. The van der Waals surface area contributed by atoms with Gasteiger partial charge in [0.1, 0.15) is 17.1 Å². The number of rotatable bonds is 6. The molecule has 2 heterocycles. The van der Waals surface area contributed by atoms with Crippen LogP contribution in [0.4, 0.5) is 0 Å². The summed E-state index contributed by atoms with van der Waals surface area (Å²) in [5.41, 5.74) is 2.22. The number of carbonyl (C=O) groups is 1. The van der Waals surface area contributed by atoms with Crippen molar-refractivity contribution in [3.8, 4) is 0 Å². The molecule has 112 valence electrons. The zero-order chi connectivity index (χ0) is 15.4. The molecule has 0 atom stereocenters. The van der Waals surface area contributed by atoms with Crippen LogP contribution in [0.2, 0.25) is 0 Å². The first-order valence-corrected chi connectivity index (χ1v) is 6.97. The third-order valence-electron chi connectivity index (χ3n) is 3.36. The molecule has 0 aliphatic rings. The summed E-state index contributed by atoms with van der Waals surface area (Å²) >= 11 is 0. The number of hydrogen-bond donors (Lipinski definition) is 1. The van der Waals surface area contributed by atoms with Crippen LogP contribution in [0.3, 0.4) is 0 Å². The molecule has 5 nitrogen and oxygen atoms in total. The van der Waals surface area contributed by atoms with Crippen LogP contribution in [-0.4, -0.2) is 27.5 Å². The summed E-state index contributed by atoms with van der Waals surface area (Å²) in [7, 11) is 0. The highest BCUT2D eigenvalue weighted by Gasteiger charge is 2.15. The molecule has 0 radical (unpaired) electrons. The molecule has 0 bridgehead atoms. The number of hydrogen-bond acceptors (Lipinski definition) is 4. The van der Waals surface area contributed by atoms with Crippen molar-refractivity contribution in [2.45, 2.75) is 33.9 Å². The van der Waals surface area contributed by atoms with Crippen molar-refractivity contribution in [2.75, 3.05) is 6.54 Å². The maximum atomic E-state index is 11.0. The van der Waals surface area contributed by atoms with Gasteiger partial charge >= 0.3 is 5.97 Å². The molecule has 0 unspecified atom stereocenters. The Kier molecular flexibility index (Phi) is 4.75. The van der Waals surface area contributed by atoms with E-state index in [0.717, 1.165) is 17.9 Å². The van der Waals surface area contributed by atoms with Crippen LogP contribution in [0.5, 0.6) is 0 Å². The molecule has 1 N–H and O–H groups in total. The average molecular weight is 288 g/mol. The maximum Gasteiger partial charge on any atom is 0.339 e. The SMILES string of the molecule is CCN(Cc1cccc(C)n1)Cc1cc(C(=O)O)c(C)o1. The van der Waals surface area contributed by atoms with Gasteiger partial charge in [0.2, 0.25) is 0 Å². The molecular formula is C16H20N2O3. The van der Waals surface area contributed by atoms with Crippen molar-refractivity contribution in [2.24, 2.45) is 0 Å². The van der Waals surface area contributed by atoms with Crippen LogP contribution >= 0.6 is 0 Å². The Labute approximate surface area is 124 Å². The second-order valence-electron chi connectivity index (χ2n) is 5.06. The lowest BCUT2D eigenvalue weighted by molar-refractivity contribution is 0.0695. The van der Waals surface area contributed by atoms with E-state index in [4.69, 9.17) is 9.52 Å². The maximum absolute atomic E-state index is 11.0. The Hall–Kier alpha value is -2.14. The van der Waals surface area contributed by atoms with E-state index in [1.54, 1.807) is 13.0 Å². The van der Waals surface area contributed by atoms with Crippen LogP contribution in [0.15, 0.2) is 28.7 Å². The molecule has 2 aromatic rings. The van der Waals surface area contributed by atoms with Gasteiger partial charge in [-0.05, 0) is 38.6 Å². The zero-order valence-electron chi connectivity index (χ0n) is 12.6. The number of nitrogens with zero attached hydrogens (tertiary/aromatic N) is 2. The number of furan rings is 1. The molecule has 2 rings (SSSR count). The zero-order valence-corrected chi connectivity index (χ0v) is 12.6. The number of aryl methyl sites for hydroxylation is 2. The minimum atomic E-state index is -0.953. The summed E-state index contributed by atoms with van der Waals surface area (Å²) in [6.07, 6.45) is 0. The van der Waals surface area contributed by atoms with E-state index in [0.29, 0.717) is 24.6 Å². The number of aromatic carboxylic acids is 1. The third kappa shape index (κ3) is 3.92. The Morgan fingerprint density at radius 3 is 2.67 bits per heavy atom. The van der Waals surface area contributed by atoms with Crippen LogP contribution in [-0.2, 0) is 13.1 Å². The lowest BCUT2D eigenvalue weighted by Gasteiger charge is -2.18. The van der Waals surface area contributed by atoms with Crippen LogP contribution in [0, 0.1) is 13.8 Å². The predicted molar refractivity (Wildman–Crippen MR) is 79.2 cm³/mol. The summed E-state index contributed by atoms with van der Waals surface area (Å²) in [4.78, 5) is 17.7. The normalized spacial score (nSPS) is 11.0. The summed E-state index contributed by atoms with van der Waals surface area (Å²) in [5, 5.41) is 9.05. The lowest BCUT2D eigenvalue weighted by atomic mass is 10.2. The van der Waals surface area contributed by atoms with E-state index >= 15 is 0 Å². The molecule has 2 aromatic heterocycles. The second kappa shape index (κ2) is 6.54. The molecule has 0 amide bonds. The van der Waals surface area contributed by atoms with E-state index in [9.17, 15) is 4.79 Å². The van der Waals surface area contributed by atoms with Crippen molar-refractivity contribution in [1.82, 2.24) is 9.88 Å². The number of aromatic nitrogens is 1. The Balaban J connectivity index is 2.08. The monoisotopic (exact) mass is 288 g/mol. The summed E-state index contributed by atoms with van der Waals surface area (Å²) < 4.78 is 5.53. The highest BCUT2D eigenvalue weighted by molar-refractivity contribution is 5.88. The number of pyridine rings is 1. The number of carboxylic acid groups (broad SMARTS) is 1.